The fourth-order valence-electron chi connectivity index (χ4n) is 3.47. The van der Waals surface area contributed by atoms with Gasteiger partial charge < -0.3 is 10.5 Å². The summed E-state index contributed by atoms with van der Waals surface area (Å²) in [5.41, 5.74) is 9.19. The zero-order chi connectivity index (χ0) is 15.2. The summed E-state index contributed by atoms with van der Waals surface area (Å²) < 4.78 is 5.38. The van der Waals surface area contributed by atoms with Crippen LogP contribution in [0.1, 0.15) is 50.3 Å². The van der Waals surface area contributed by atoms with Crippen molar-refractivity contribution in [1.29, 1.82) is 0 Å². The fraction of sp³-hybridized carbons (Fsp3) is 0.667. The van der Waals surface area contributed by atoms with Gasteiger partial charge in [0.25, 0.3) is 0 Å². The van der Waals surface area contributed by atoms with Crippen molar-refractivity contribution >= 4 is 0 Å². The highest BCUT2D eigenvalue weighted by atomic mass is 16.5. The summed E-state index contributed by atoms with van der Waals surface area (Å²) in [6, 6.07) is 9.15. The molecule has 1 aliphatic heterocycles. The van der Waals surface area contributed by atoms with Crippen LogP contribution >= 0.6 is 0 Å². The SMILES string of the molecule is COCc1ccccc1C1C(N)CCCCN1CC(C)C. The third-order valence-corrected chi connectivity index (χ3v) is 4.30. The lowest BCUT2D eigenvalue weighted by molar-refractivity contribution is 0.156. The molecule has 2 atom stereocenters. The van der Waals surface area contributed by atoms with Gasteiger partial charge in [0.2, 0.25) is 0 Å². The van der Waals surface area contributed by atoms with Gasteiger partial charge in [-0.3, -0.25) is 4.90 Å². The second-order valence-corrected chi connectivity index (χ2v) is 6.63. The third-order valence-electron chi connectivity index (χ3n) is 4.30. The lowest BCUT2D eigenvalue weighted by Gasteiger charge is -2.36. The number of hydrogen-bond acceptors (Lipinski definition) is 3. The monoisotopic (exact) mass is 290 g/mol. The number of hydrogen-bond donors (Lipinski definition) is 1. The van der Waals surface area contributed by atoms with Crippen molar-refractivity contribution in [3.63, 3.8) is 0 Å². The Hall–Kier alpha value is -0.900. The van der Waals surface area contributed by atoms with E-state index < -0.39 is 0 Å². The molecule has 0 aromatic heterocycles. The van der Waals surface area contributed by atoms with Crippen LogP contribution in [-0.4, -0.2) is 31.1 Å². The normalized spacial score (nSPS) is 24.2. The number of ether oxygens (including phenoxy) is 1. The maximum atomic E-state index is 6.56. The first-order chi connectivity index (χ1) is 10.1. The molecule has 3 heteroatoms. The van der Waals surface area contributed by atoms with Gasteiger partial charge in [-0.1, -0.05) is 44.5 Å². The van der Waals surface area contributed by atoms with Crippen molar-refractivity contribution in [3.05, 3.63) is 35.4 Å². The van der Waals surface area contributed by atoms with Gasteiger partial charge in [0, 0.05) is 19.7 Å². The molecule has 1 heterocycles. The summed E-state index contributed by atoms with van der Waals surface area (Å²) in [6.45, 7) is 7.50. The maximum absolute atomic E-state index is 6.56. The molecule has 0 bridgehead atoms. The second-order valence-electron chi connectivity index (χ2n) is 6.63. The molecule has 1 aromatic rings. The minimum atomic E-state index is 0.212. The van der Waals surface area contributed by atoms with Crippen molar-refractivity contribution < 1.29 is 4.74 Å². The van der Waals surface area contributed by atoms with Gasteiger partial charge in [-0.15, -0.1) is 0 Å². The molecular formula is C18H30N2O. The number of rotatable bonds is 5. The number of likely N-dealkylation sites (tertiary alicyclic amines) is 1. The van der Waals surface area contributed by atoms with Crippen LogP contribution in [0.5, 0.6) is 0 Å². The minimum absolute atomic E-state index is 0.212. The maximum Gasteiger partial charge on any atom is 0.0716 e. The Balaban J connectivity index is 2.34. The molecule has 1 fully saturated rings. The molecule has 1 aromatic carbocycles. The largest absolute Gasteiger partial charge is 0.380 e. The molecule has 0 radical (unpaired) electrons. The molecule has 21 heavy (non-hydrogen) atoms. The number of methoxy groups -OCH3 is 1. The molecule has 0 amide bonds. The van der Waals surface area contributed by atoms with Crippen molar-refractivity contribution in [3.8, 4) is 0 Å². The van der Waals surface area contributed by atoms with Crippen LogP contribution < -0.4 is 5.73 Å². The summed E-state index contributed by atoms with van der Waals surface area (Å²) in [6.07, 6.45) is 3.60. The van der Waals surface area contributed by atoms with E-state index in [2.05, 4.69) is 43.0 Å². The topological polar surface area (TPSA) is 38.5 Å². The number of nitrogens with zero attached hydrogens (tertiary/aromatic N) is 1. The summed E-state index contributed by atoms with van der Waals surface area (Å²) >= 11 is 0. The van der Waals surface area contributed by atoms with E-state index in [0.29, 0.717) is 18.6 Å². The van der Waals surface area contributed by atoms with E-state index in [4.69, 9.17) is 10.5 Å². The lowest BCUT2D eigenvalue weighted by Crippen LogP contribution is -2.41. The van der Waals surface area contributed by atoms with E-state index >= 15 is 0 Å². The first-order valence-corrected chi connectivity index (χ1v) is 8.20. The lowest BCUT2D eigenvalue weighted by atomic mass is 9.92. The van der Waals surface area contributed by atoms with E-state index in [0.717, 1.165) is 19.5 Å². The molecular weight excluding hydrogens is 260 g/mol. The van der Waals surface area contributed by atoms with Crippen LogP contribution in [0.25, 0.3) is 0 Å². The standard InChI is InChI=1S/C18H30N2O/c1-14(2)12-20-11-7-6-10-17(19)18(20)16-9-5-4-8-15(16)13-21-3/h4-5,8-9,14,17-18H,6-7,10-13,19H2,1-3H3. The molecule has 0 spiro atoms. The number of nitrogens with two attached hydrogens (primary N) is 1. The first-order valence-electron chi connectivity index (χ1n) is 8.20. The van der Waals surface area contributed by atoms with Crippen molar-refractivity contribution in [1.82, 2.24) is 4.90 Å². The molecule has 1 saturated heterocycles. The average molecular weight is 290 g/mol. The highest BCUT2D eigenvalue weighted by Crippen LogP contribution is 2.32. The highest BCUT2D eigenvalue weighted by Gasteiger charge is 2.30. The first kappa shape index (κ1) is 16.5. The van der Waals surface area contributed by atoms with E-state index in [1.807, 2.05) is 0 Å². The fourth-order valence-corrected chi connectivity index (χ4v) is 3.47. The zero-order valence-electron chi connectivity index (χ0n) is 13.7. The van der Waals surface area contributed by atoms with Crippen molar-refractivity contribution in [2.75, 3.05) is 20.2 Å². The third kappa shape index (κ3) is 4.29. The van der Waals surface area contributed by atoms with Crippen molar-refractivity contribution in [2.45, 2.75) is 51.8 Å². The Labute approximate surface area is 129 Å². The van der Waals surface area contributed by atoms with Gasteiger partial charge >= 0.3 is 0 Å². The van der Waals surface area contributed by atoms with Gasteiger partial charge in [0.15, 0.2) is 0 Å². The van der Waals surface area contributed by atoms with Gasteiger partial charge in [0.1, 0.15) is 0 Å². The van der Waals surface area contributed by atoms with Crippen LogP contribution in [-0.2, 0) is 11.3 Å². The van der Waals surface area contributed by atoms with Crippen LogP contribution in [0.2, 0.25) is 0 Å². The van der Waals surface area contributed by atoms with Gasteiger partial charge in [0.05, 0.1) is 12.6 Å². The van der Waals surface area contributed by atoms with Gasteiger partial charge in [-0.25, -0.2) is 0 Å². The molecule has 118 valence electrons. The van der Waals surface area contributed by atoms with Gasteiger partial charge in [-0.05, 0) is 36.4 Å². The molecule has 3 nitrogen and oxygen atoms in total. The Bertz CT molecular complexity index is 433. The van der Waals surface area contributed by atoms with Crippen LogP contribution in [0.4, 0.5) is 0 Å². The van der Waals surface area contributed by atoms with E-state index in [-0.39, 0.29) is 6.04 Å². The van der Waals surface area contributed by atoms with Crippen molar-refractivity contribution in [2.24, 2.45) is 11.7 Å². The van der Waals surface area contributed by atoms with E-state index in [1.165, 1.54) is 24.0 Å². The summed E-state index contributed by atoms with van der Waals surface area (Å²) in [5.74, 6) is 0.660. The molecule has 0 aliphatic carbocycles. The Kier molecular flexibility index (Phi) is 6.22. The molecule has 2 N–H and O–H groups in total. The Morgan fingerprint density at radius 3 is 2.76 bits per heavy atom. The van der Waals surface area contributed by atoms with Crippen LogP contribution in [0, 0.1) is 5.92 Å². The molecule has 1 aliphatic rings. The van der Waals surface area contributed by atoms with E-state index in [9.17, 15) is 0 Å². The summed E-state index contributed by atoms with van der Waals surface area (Å²) in [4.78, 5) is 2.59. The van der Waals surface area contributed by atoms with Crippen LogP contribution in [0.15, 0.2) is 24.3 Å². The predicted molar refractivity (Wildman–Crippen MR) is 88.1 cm³/mol. The van der Waals surface area contributed by atoms with Crippen LogP contribution in [0.3, 0.4) is 0 Å². The molecule has 0 saturated carbocycles. The zero-order valence-corrected chi connectivity index (χ0v) is 13.7. The molecule has 2 unspecified atom stereocenters. The molecule has 2 rings (SSSR count). The number of benzene rings is 1. The summed E-state index contributed by atoms with van der Waals surface area (Å²) in [7, 11) is 1.76. The Morgan fingerprint density at radius 1 is 1.29 bits per heavy atom. The Morgan fingerprint density at radius 2 is 2.05 bits per heavy atom. The highest BCUT2D eigenvalue weighted by molar-refractivity contribution is 5.31. The van der Waals surface area contributed by atoms with Gasteiger partial charge in [-0.2, -0.15) is 0 Å². The average Bonchev–Trinajstić information content (AvgIpc) is 2.61. The minimum Gasteiger partial charge on any atom is -0.380 e. The summed E-state index contributed by atoms with van der Waals surface area (Å²) in [5, 5.41) is 0. The second kappa shape index (κ2) is 7.92. The predicted octanol–water partition coefficient (Wildman–Crippen LogP) is 3.34. The smallest absolute Gasteiger partial charge is 0.0716 e. The quantitative estimate of drug-likeness (QED) is 0.904. The van der Waals surface area contributed by atoms with E-state index in [1.54, 1.807) is 7.11 Å².